The van der Waals surface area contributed by atoms with Gasteiger partial charge in [0.05, 0.1) is 19.8 Å². The van der Waals surface area contributed by atoms with Crippen LogP contribution in [-0.2, 0) is 11.4 Å². The lowest BCUT2D eigenvalue weighted by Crippen LogP contribution is -2.27. The number of hydrogen-bond donors (Lipinski definition) is 4. The van der Waals surface area contributed by atoms with Gasteiger partial charge >= 0.3 is 0 Å². The fourth-order valence-corrected chi connectivity index (χ4v) is 1.85. The maximum Gasteiger partial charge on any atom is 0.216 e. The molecule has 0 saturated heterocycles. The molecule has 2 unspecified atom stereocenters. The number of hydrogen-bond acceptors (Lipinski definition) is 5. The number of benzene rings is 1. The first-order valence-corrected chi connectivity index (χ1v) is 6.37. The van der Waals surface area contributed by atoms with Gasteiger partial charge in [0.1, 0.15) is 11.9 Å². The lowest BCUT2D eigenvalue weighted by Gasteiger charge is -2.19. The van der Waals surface area contributed by atoms with E-state index in [1.165, 1.54) is 14.0 Å². The quantitative estimate of drug-likeness (QED) is 0.569. The van der Waals surface area contributed by atoms with Crippen molar-refractivity contribution in [2.75, 3.05) is 13.7 Å². The number of methoxy groups -OCH3 is 1. The number of amides is 1. The van der Waals surface area contributed by atoms with Gasteiger partial charge in [0.15, 0.2) is 0 Å². The van der Waals surface area contributed by atoms with Crippen molar-refractivity contribution < 1.29 is 24.9 Å². The Bertz CT molecular complexity index is 449. The van der Waals surface area contributed by atoms with Crippen molar-refractivity contribution in [2.24, 2.45) is 0 Å². The van der Waals surface area contributed by atoms with Gasteiger partial charge in [-0.3, -0.25) is 4.79 Å². The summed E-state index contributed by atoms with van der Waals surface area (Å²) in [5.74, 6) is 0.277. The Morgan fingerprint density at radius 1 is 1.40 bits per heavy atom. The van der Waals surface area contributed by atoms with Gasteiger partial charge in [0.2, 0.25) is 5.91 Å². The molecule has 6 heteroatoms. The van der Waals surface area contributed by atoms with E-state index in [0.29, 0.717) is 23.4 Å². The van der Waals surface area contributed by atoms with E-state index in [9.17, 15) is 15.0 Å². The fourth-order valence-electron chi connectivity index (χ4n) is 1.85. The summed E-state index contributed by atoms with van der Waals surface area (Å²) in [6.45, 7) is 1.52. The number of aliphatic hydroxyl groups is 3. The van der Waals surface area contributed by atoms with E-state index in [1.54, 1.807) is 18.2 Å². The Hall–Kier alpha value is -1.63. The van der Waals surface area contributed by atoms with Crippen molar-refractivity contribution in [3.63, 3.8) is 0 Å². The Labute approximate surface area is 118 Å². The molecule has 1 aromatic rings. The summed E-state index contributed by atoms with van der Waals surface area (Å²) in [6.07, 6.45) is -1.83. The van der Waals surface area contributed by atoms with E-state index in [-0.39, 0.29) is 18.9 Å². The number of carbonyl (C=O) groups excluding carboxylic acids is 1. The van der Waals surface area contributed by atoms with Crippen molar-refractivity contribution in [2.45, 2.75) is 32.2 Å². The zero-order chi connectivity index (χ0) is 15.1. The molecule has 1 aromatic carbocycles. The number of rotatable bonds is 7. The maximum atomic E-state index is 10.7. The second-order valence-corrected chi connectivity index (χ2v) is 4.51. The molecule has 0 aliphatic rings. The minimum Gasteiger partial charge on any atom is -0.496 e. The highest BCUT2D eigenvalue weighted by atomic mass is 16.5. The molecule has 1 rings (SSSR count). The van der Waals surface area contributed by atoms with Crippen molar-refractivity contribution >= 4 is 5.91 Å². The van der Waals surface area contributed by atoms with Crippen LogP contribution in [0.1, 0.15) is 30.6 Å². The average molecular weight is 283 g/mol. The second kappa shape index (κ2) is 7.84. The van der Waals surface area contributed by atoms with Crippen LogP contribution in [0.15, 0.2) is 18.2 Å². The molecular formula is C14H21NO5. The predicted octanol–water partition coefficient (Wildman–Crippen LogP) is 0.108. The third-order valence-electron chi connectivity index (χ3n) is 3.00. The van der Waals surface area contributed by atoms with E-state index in [1.807, 2.05) is 0 Å². The van der Waals surface area contributed by atoms with Crippen LogP contribution in [0, 0.1) is 0 Å². The zero-order valence-corrected chi connectivity index (χ0v) is 11.7. The highest BCUT2D eigenvalue weighted by Crippen LogP contribution is 2.26. The standard InChI is InChI=1S/C14H21NO5/c1-9(17)15-6-5-12(18)14(19)10-3-4-11(8-16)13(7-10)20-2/h3-4,7,12,14,16,18-19H,5-6,8H2,1-2H3,(H,15,17). The van der Waals surface area contributed by atoms with Gasteiger partial charge in [-0.05, 0) is 18.1 Å². The Morgan fingerprint density at radius 3 is 2.65 bits per heavy atom. The van der Waals surface area contributed by atoms with Gasteiger partial charge in [-0.15, -0.1) is 0 Å². The summed E-state index contributed by atoms with van der Waals surface area (Å²) in [7, 11) is 1.47. The van der Waals surface area contributed by atoms with Gasteiger partial charge in [0.25, 0.3) is 0 Å². The van der Waals surface area contributed by atoms with Crippen LogP contribution >= 0.6 is 0 Å². The molecule has 0 bridgehead atoms. The Morgan fingerprint density at radius 2 is 2.10 bits per heavy atom. The largest absolute Gasteiger partial charge is 0.496 e. The smallest absolute Gasteiger partial charge is 0.216 e. The van der Waals surface area contributed by atoms with Crippen LogP contribution in [0.5, 0.6) is 5.75 Å². The van der Waals surface area contributed by atoms with E-state index < -0.39 is 12.2 Å². The van der Waals surface area contributed by atoms with Gasteiger partial charge in [-0.2, -0.15) is 0 Å². The first-order valence-electron chi connectivity index (χ1n) is 6.37. The van der Waals surface area contributed by atoms with Crippen LogP contribution < -0.4 is 10.1 Å². The van der Waals surface area contributed by atoms with Crippen LogP contribution in [0.25, 0.3) is 0 Å². The molecule has 1 amide bonds. The maximum absolute atomic E-state index is 10.7. The van der Waals surface area contributed by atoms with Gasteiger partial charge in [-0.1, -0.05) is 12.1 Å². The minimum absolute atomic E-state index is 0.162. The van der Waals surface area contributed by atoms with E-state index in [4.69, 9.17) is 9.84 Å². The predicted molar refractivity (Wildman–Crippen MR) is 73.2 cm³/mol. The molecule has 0 saturated carbocycles. The lowest BCUT2D eigenvalue weighted by molar-refractivity contribution is -0.119. The molecule has 20 heavy (non-hydrogen) atoms. The lowest BCUT2D eigenvalue weighted by atomic mass is 10.00. The van der Waals surface area contributed by atoms with Crippen molar-refractivity contribution in [1.82, 2.24) is 5.32 Å². The molecule has 0 radical (unpaired) electrons. The average Bonchev–Trinajstić information content (AvgIpc) is 2.45. The molecule has 6 nitrogen and oxygen atoms in total. The molecule has 0 spiro atoms. The van der Waals surface area contributed by atoms with E-state index in [0.717, 1.165) is 0 Å². The number of carbonyl (C=O) groups is 1. The Kier molecular flexibility index (Phi) is 6.44. The highest BCUT2D eigenvalue weighted by Gasteiger charge is 2.19. The van der Waals surface area contributed by atoms with Crippen molar-refractivity contribution in [3.05, 3.63) is 29.3 Å². The molecule has 0 heterocycles. The third kappa shape index (κ3) is 4.48. The number of ether oxygens (including phenoxy) is 1. The third-order valence-corrected chi connectivity index (χ3v) is 3.00. The first kappa shape index (κ1) is 16.4. The zero-order valence-electron chi connectivity index (χ0n) is 11.7. The van der Waals surface area contributed by atoms with Gasteiger partial charge < -0.3 is 25.4 Å². The number of aliphatic hydroxyl groups excluding tert-OH is 3. The number of nitrogens with one attached hydrogen (secondary N) is 1. The van der Waals surface area contributed by atoms with Gasteiger partial charge in [-0.25, -0.2) is 0 Å². The van der Waals surface area contributed by atoms with E-state index >= 15 is 0 Å². The highest BCUT2D eigenvalue weighted by molar-refractivity contribution is 5.72. The molecule has 2 atom stereocenters. The van der Waals surface area contributed by atoms with E-state index in [2.05, 4.69) is 5.32 Å². The van der Waals surface area contributed by atoms with Crippen LogP contribution in [0.3, 0.4) is 0 Å². The fraction of sp³-hybridized carbons (Fsp3) is 0.500. The molecule has 0 aliphatic carbocycles. The molecule has 4 N–H and O–H groups in total. The van der Waals surface area contributed by atoms with Crippen molar-refractivity contribution in [1.29, 1.82) is 0 Å². The molecule has 0 aliphatic heterocycles. The normalized spacial score (nSPS) is 13.7. The SMILES string of the molecule is COc1cc(C(O)C(O)CCNC(C)=O)ccc1CO. The van der Waals surface area contributed by atoms with Gasteiger partial charge in [0, 0.05) is 19.0 Å². The van der Waals surface area contributed by atoms with Crippen LogP contribution in [0.4, 0.5) is 0 Å². The summed E-state index contributed by atoms with van der Waals surface area (Å²) in [5, 5.41) is 31.6. The topological polar surface area (TPSA) is 99.0 Å². The van der Waals surface area contributed by atoms with Crippen molar-refractivity contribution in [3.8, 4) is 5.75 Å². The molecule has 0 fully saturated rings. The second-order valence-electron chi connectivity index (χ2n) is 4.51. The summed E-state index contributed by atoms with van der Waals surface area (Å²) in [6, 6.07) is 4.84. The Balaban J connectivity index is 2.70. The molecule has 0 aromatic heterocycles. The minimum atomic E-state index is -1.08. The van der Waals surface area contributed by atoms with Crippen LogP contribution in [-0.4, -0.2) is 41.0 Å². The monoisotopic (exact) mass is 283 g/mol. The molecule has 112 valence electrons. The summed E-state index contributed by atoms with van der Waals surface area (Å²) >= 11 is 0. The summed E-state index contributed by atoms with van der Waals surface area (Å²) in [4.78, 5) is 10.7. The summed E-state index contributed by atoms with van der Waals surface area (Å²) < 4.78 is 5.11. The molecular weight excluding hydrogens is 262 g/mol. The summed E-state index contributed by atoms with van der Waals surface area (Å²) in [5.41, 5.74) is 1.10. The van der Waals surface area contributed by atoms with Crippen LogP contribution in [0.2, 0.25) is 0 Å². The first-order chi connectivity index (χ1) is 9.49.